The summed E-state index contributed by atoms with van der Waals surface area (Å²) in [5.74, 6) is -1.65. The average Bonchev–Trinajstić information content (AvgIpc) is 2.70. The first-order valence-corrected chi connectivity index (χ1v) is 9.18. The largest absolute Gasteiger partial charge is 0.479 e. The van der Waals surface area contributed by atoms with Crippen LogP contribution in [0.1, 0.15) is 6.92 Å². The first-order valence-electron chi connectivity index (χ1n) is 9.18. The lowest BCUT2D eigenvalue weighted by atomic mass is 9.96. The summed E-state index contributed by atoms with van der Waals surface area (Å²) in [6, 6.07) is 0. The normalized spacial score (nSPS) is 44.4. The van der Waals surface area contributed by atoms with E-state index >= 15 is 0 Å². The minimum atomic E-state index is -1.97. The third kappa shape index (κ3) is 5.24. The molecule has 2 fully saturated rings. The van der Waals surface area contributed by atoms with Crippen LogP contribution in [-0.2, 0) is 23.7 Å². The second-order valence-electron chi connectivity index (χ2n) is 7.14. The molecule has 0 spiro atoms. The molecule has 0 unspecified atom stereocenters. The molecule has 0 aliphatic carbocycles. The van der Waals surface area contributed by atoms with Crippen LogP contribution in [0.4, 0.5) is 0 Å². The van der Waals surface area contributed by atoms with E-state index in [4.69, 9.17) is 18.9 Å². The van der Waals surface area contributed by atoms with Crippen LogP contribution in [0.15, 0.2) is 0 Å². The lowest BCUT2D eigenvalue weighted by Crippen LogP contribution is -2.65. The van der Waals surface area contributed by atoms with Crippen molar-refractivity contribution in [3.63, 3.8) is 0 Å². The molecule has 0 bridgehead atoms. The van der Waals surface area contributed by atoms with Crippen LogP contribution in [0.3, 0.4) is 0 Å². The van der Waals surface area contributed by atoms with Gasteiger partial charge in [-0.3, -0.25) is 0 Å². The fourth-order valence-corrected chi connectivity index (χ4v) is 3.12. The van der Waals surface area contributed by atoms with Crippen molar-refractivity contribution >= 4 is 5.97 Å². The Morgan fingerprint density at radius 1 is 0.933 bits per heavy atom. The summed E-state index contributed by atoms with van der Waals surface area (Å²) in [5, 5.41) is 87.7. The predicted molar refractivity (Wildman–Crippen MR) is 90.6 cm³/mol. The molecule has 0 amide bonds. The summed E-state index contributed by atoms with van der Waals surface area (Å²) in [6.45, 7) is -0.188. The van der Waals surface area contributed by atoms with E-state index in [1.165, 1.54) is 6.92 Å². The fourth-order valence-electron chi connectivity index (χ4n) is 3.12. The highest BCUT2D eigenvalue weighted by Gasteiger charge is 2.53. The second-order valence-corrected chi connectivity index (χ2v) is 7.14. The maximum absolute atomic E-state index is 11.6. The monoisotopic (exact) mass is 444 g/mol. The minimum absolute atomic E-state index is 0.692. The van der Waals surface area contributed by atoms with E-state index in [0.29, 0.717) is 0 Å². The Morgan fingerprint density at radius 2 is 1.53 bits per heavy atom. The molecule has 2 aliphatic rings. The van der Waals surface area contributed by atoms with E-state index in [0.717, 1.165) is 0 Å². The maximum atomic E-state index is 11.6. The van der Waals surface area contributed by atoms with Crippen LogP contribution < -0.4 is 0 Å². The van der Waals surface area contributed by atoms with Crippen molar-refractivity contribution < 1.29 is 69.7 Å². The zero-order chi connectivity index (χ0) is 22.7. The Morgan fingerprint density at radius 3 is 2.03 bits per heavy atom. The van der Waals surface area contributed by atoms with Crippen LogP contribution in [0.5, 0.6) is 0 Å². The summed E-state index contributed by atoms with van der Waals surface area (Å²) in [5.41, 5.74) is 0. The van der Waals surface area contributed by atoms with Gasteiger partial charge in [0.15, 0.2) is 18.7 Å². The van der Waals surface area contributed by atoms with Crippen molar-refractivity contribution in [1.29, 1.82) is 0 Å². The van der Waals surface area contributed by atoms with Crippen LogP contribution in [-0.4, -0.2) is 139 Å². The molecule has 14 nitrogen and oxygen atoms in total. The Kier molecular flexibility index (Phi) is 8.87. The van der Waals surface area contributed by atoms with Crippen molar-refractivity contribution in [2.45, 2.75) is 80.5 Å². The van der Waals surface area contributed by atoms with Gasteiger partial charge in [0.2, 0.25) is 0 Å². The molecule has 176 valence electrons. The number of aliphatic hydroxyl groups is 8. The van der Waals surface area contributed by atoms with Crippen molar-refractivity contribution in [3.8, 4) is 0 Å². The molecule has 0 radical (unpaired) electrons. The van der Waals surface area contributed by atoms with Gasteiger partial charge >= 0.3 is 5.97 Å². The lowest BCUT2D eigenvalue weighted by molar-refractivity contribution is -0.359. The van der Waals surface area contributed by atoms with Gasteiger partial charge in [0, 0.05) is 0 Å². The third-order valence-corrected chi connectivity index (χ3v) is 4.95. The molecule has 0 aromatic carbocycles. The van der Waals surface area contributed by atoms with Crippen LogP contribution >= 0.6 is 0 Å². The smallest absolute Gasteiger partial charge is 0.335 e. The van der Waals surface area contributed by atoms with E-state index in [1.54, 1.807) is 0 Å². The summed E-state index contributed by atoms with van der Waals surface area (Å²) >= 11 is 0. The van der Waals surface area contributed by atoms with Crippen LogP contribution in [0.2, 0.25) is 0 Å². The minimum Gasteiger partial charge on any atom is -0.479 e. The molecule has 0 saturated carbocycles. The van der Waals surface area contributed by atoms with Gasteiger partial charge in [0.1, 0.15) is 48.8 Å². The number of rotatable bonds is 8. The average molecular weight is 444 g/mol. The molecule has 0 aromatic rings. The van der Waals surface area contributed by atoms with E-state index in [-0.39, 0.29) is 0 Å². The van der Waals surface area contributed by atoms with Gasteiger partial charge in [-0.1, -0.05) is 0 Å². The number of hydrogen-bond donors (Lipinski definition) is 9. The Balaban J connectivity index is 2.18. The number of aliphatic hydroxyl groups excluding tert-OH is 8. The molecule has 14 heteroatoms. The standard InChI is InChI=1S/C16H28O14/c1-4(19)5(2-17)27-16-11(24)9(22)12(13(30-16)14(25)26)29-15-10(23)8(21)7(20)6(3-18)28-15/h4-13,15-24H,2-3H2,1H3,(H,25,26)/t4-,5-,6+,7+,8-,9+,10+,11+,12-,13-,15-,16+/m0/s1. The van der Waals surface area contributed by atoms with E-state index in [9.17, 15) is 50.8 Å². The van der Waals surface area contributed by atoms with E-state index in [2.05, 4.69) is 0 Å². The summed E-state index contributed by atoms with van der Waals surface area (Å²) in [4.78, 5) is 11.6. The van der Waals surface area contributed by atoms with Crippen molar-refractivity contribution in [2.24, 2.45) is 0 Å². The topological polar surface area (TPSA) is 236 Å². The van der Waals surface area contributed by atoms with Gasteiger partial charge in [-0.15, -0.1) is 0 Å². The molecule has 12 atom stereocenters. The van der Waals surface area contributed by atoms with Gasteiger partial charge in [0.05, 0.1) is 19.3 Å². The molecule has 9 N–H and O–H groups in total. The van der Waals surface area contributed by atoms with E-state index < -0.39 is 92.8 Å². The first kappa shape index (κ1) is 25.3. The Bertz CT molecular complexity index is 558. The van der Waals surface area contributed by atoms with Crippen molar-refractivity contribution in [3.05, 3.63) is 0 Å². The number of aliphatic carboxylic acids is 1. The SMILES string of the molecule is C[C@H](O)[C@H](CO)O[C@@H]1O[C@H](C(=O)O)[C@@H](O[C@@H]2O[C@H](CO)[C@@H](O)[C@H](O)[C@H]2O)[C@H](O)[C@H]1O. The van der Waals surface area contributed by atoms with Gasteiger partial charge in [0.25, 0.3) is 0 Å². The number of carbonyl (C=O) groups is 1. The quantitative estimate of drug-likeness (QED) is 0.170. The molecule has 2 saturated heterocycles. The zero-order valence-corrected chi connectivity index (χ0v) is 15.9. The molecule has 30 heavy (non-hydrogen) atoms. The molecule has 0 aromatic heterocycles. The molecule has 2 aliphatic heterocycles. The Hall–Kier alpha value is -1.01. The molecular formula is C16H28O14. The number of carboxylic acids is 1. The van der Waals surface area contributed by atoms with Crippen LogP contribution in [0, 0.1) is 0 Å². The Labute approximate surface area is 170 Å². The number of carboxylic acid groups (broad SMARTS) is 1. The van der Waals surface area contributed by atoms with Crippen molar-refractivity contribution in [2.75, 3.05) is 13.2 Å². The third-order valence-electron chi connectivity index (χ3n) is 4.95. The van der Waals surface area contributed by atoms with Gasteiger partial charge < -0.3 is 64.9 Å². The number of hydrogen-bond acceptors (Lipinski definition) is 13. The van der Waals surface area contributed by atoms with Crippen LogP contribution in [0.25, 0.3) is 0 Å². The maximum Gasteiger partial charge on any atom is 0.335 e. The predicted octanol–water partition coefficient (Wildman–Crippen LogP) is -5.54. The van der Waals surface area contributed by atoms with Gasteiger partial charge in [-0.05, 0) is 6.92 Å². The van der Waals surface area contributed by atoms with Gasteiger partial charge in [-0.25, -0.2) is 4.79 Å². The lowest BCUT2D eigenvalue weighted by Gasteiger charge is -2.45. The highest BCUT2D eigenvalue weighted by Crippen LogP contribution is 2.30. The highest BCUT2D eigenvalue weighted by atomic mass is 16.7. The molecule has 2 heterocycles. The van der Waals surface area contributed by atoms with Crippen molar-refractivity contribution in [1.82, 2.24) is 0 Å². The summed E-state index contributed by atoms with van der Waals surface area (Å²) < 4.78 is 20.6. The summed E-state index contributed by atoms with van der Waals surface area (Å²) in [6.07, 6.45) is -20.4. The molecule has 2 rings (SSSR count). The highest BCUT2D eigenvalue weighted by molar-refractivity contribution is 5.73. The second kappa shape index (κ2) is 10.5. The molecular weight excluding hydrogens is 416 g/mol. The van der Waals surface area contributed by atoms with Gasteiger partial charge in [-0.2, -0.15) is 0 Å². The first-order chi connectivity index (χ1) is 14.0. The van der Waals surface area contributed by atoms with E-state index in [1.807, 2.05) is 0 Å². The fraction of sp³-hybridized carbons (Fsp3) is 0.938. The zero-order valence-electron chi connectivity index (χ0n) is 15.9. The number of ether oxygens (including phenoxy) is 4. The summed E-state index contributed by atoms with van der Waals surface area (Å²) in [7, 11) is 0.